The Kier molecular flexibility index (Phi) is 6.21. The van der Waals surface area contributed by atoms with Crippen LogP contribution in [0.15, 0.2) is 18.2 Å². The van der Waals surface area contributed by atoms with Crippen LogP contribution in [0, 0.1) is 13.8 Å². The lowest BCUT2D eigenvalue weighted by molar-refractivity contribution is -0.128. The van der Waals surface area contributed by atoms with Crippen LogP contribution in [0.3, 0.4) is 0 Å². The maximum absolute atomic E-state index is 11.5. The zero-order valence-electron chi connectivity index (χ0n) is 11.3. The van der Waals surface area contributed by atoms with E-state index in [0.717, 1.165) is 11.1 Å². The summed E-state index contributed by atoms with van der Waals surface area (Å²) in [5.41, 5.74) is 6.63. The van der Waals surface area contributed by atoms with E-state index in [2.05, 4.69) is 10.9 Å². The monoisotopic (exact) mass is 282 g/mol. The highest BCUT2D eigenvalue weighted by atomic mass is 32.2. The molecule has 0 bridgehead atoms. The first-order valence-electron chi connectivity index (χ1n) is 5.79. The average molecular weight is 282 g/mol. The van der Waals surface area contributed by atoms with Crippen LogP contribution >= 0.6 is 11.8 Å². The van der Waals surface area contributed by atoms with Gasteiger partial charge in [0.15, 0.2) is 6.61 Å². The molecule has 1 aromatic rings. The Balaban J connectivity index is 2.38. The Hall–Kier alpha value is -1.69. The third kappa shape index (κ3) is 5.65. The topological polar surface area (TPSA) is 67.4 Å². The molecule has 0 heterocycles. The molecule has 2 amide bonds. The first kappa shape index (κ1) is 15.4. The predicted molar refractivity (Wildman–Crippen MR) is 76.1 cm³/mol. The van der Waals surface area contributed by atoms with Gasteiger partial charge in [-0.1, -0.05) is 12.1 Å². The molecule has 1 rings (SSSR count). The number of amides is 2. The van der Waals surface area contributed by atoms with Crippen molar-refractivity contribution in [2.75, 3.05) is 18.6 Å². The van der Waals surface area contributed by atoms with Gasteiger partial charge in [-0.25, -0.2) is 0 Å². The van der Waals surface area contributed by atoms with Crippen LogP contribution in [0.2, 0.25) is 0 Å². The highest BCUT2D eigenvalue weighted by Crippen LogP contribution is 2.18. The van der Waals surface area contributed by atoms with Crippen LogP contribution < -0.4 is 15.6 Å². The van der Waals surface area contributed by atoms with E-state index in [1.54, 1.807) is 0 Å². The van der Waals surface area contributed by atoms with Gasteiger partial charge in [-0.2, -0.15) is 11.8 Å². The standard InChI is InChI=1S/C13H18N2O3S/c1-9-4-5-10(2)11(6-9)18-7-12(16)14-15-13(17)8-19-3/h4-6H,7-8H2,1-3H3,(H,14,16)(H,15,17). The lowest BCUT2D eigenvalue weighted by atomic mass is 10.1. The summed E-state index contributed by atoms with van der Waals surface area (Å²) in [6, 6.07) is 5.78. The second-order valence-electron chi connectivity index (χ2n) is 4.09. The lowest BCUT2D eigenvalue weighted by Crippen LogP contribution is -2.44. The molecule has 0 spiro atoms. The van der Waals surface area contributed by atoms with Crippen molar-refractivity contribution in [2.45, 2.75) is 13.8 Å². The zero-order valence-corrected chi connectivity index (χ0v) is 12.1. The van der Waals surface area contributed by atoms with E-state index in [1.807, 2.05) is 38.3 Å². The molecule has 2 N–H and O–H groups in total. The highest BCUT2D eigenvalue weighted by Gasteiger charge is 2.06. The van der Waals surface area contributed by atoms with Crippen molar-refractivity contribution in [3.05, 3.63) is 29.3 Å². The summed E-state index contributed by atoms with van der Waals surface area (Å²) in [6.45, 7) is 3.73. The van der Waals surface area contributed by atoms with Gasteiger partial charge >= 0.3 is 0 Å². The summed E-state index contributed by atoms with van der Waals surface area (Å²) in [6.07, 6.45) is 1.81. The molecule has 0 aliphatic carbocycles. The fourth-order valence-corrected chi connectivity index (χ4v) is 1.68. The number of aryl methyl sites for hydroxylation is 2. The molecule has 0 radical (unpaired) electrons. The molecule has 0 saturated carbocycles. The van der Waals surface area contributed by atoms with Crippen LogP contribution in [0.1, 0.15) is 11.1 Å². The summed E-state index contributed by atoms with van der Waals surface area (Å²) in [7, 11) is 0. The third-order valence-electron chi connectivity index (χ3n) is 2.32. The van der Waals surface area contributed by atoms with Crippen molar-refractivity contribution in [1.82, 2.24) is 10.9 Å². The fraction of sp³-hybridized carbons (Fsp3) is 0.385. The summed E-state index contributed by atoms with van der Waals surface area (Å²) >= 11 is 1.38. The first-order valence-corrected chi connectivity index (χ1v) is 7.19. The van der Waals surface area contributed by atoms with E-state index in [4.69, 9.17) is 4.74 Å². The second kappa shape index (κ2) is 7.68. The fourth-order valence-electron chi connectivity index (χ4n) is 1.35. The summed E-state index contributed by atoms with van der Waals surface area (Å²) in [5, 5.41) is 0. The van der Waals surface area contributed by atoms with Crippen LogP contribution in [0.5, 0.6) is 5.75 Å². The Labute approximate surface area is 117 Å². The van der Waals surface area contributed by atoms with Crippen LogP contribution in [-0.2, 0) is 9.59 Å². The Bertz CT molecular complexity index is 463. The van der Waals surface area contributed by atoms with Gasteiger partial charge in [-0.3, -0.25) is 20.4 Å². The van der Waals surface area contributed by atoms with Gasteiger partial charge in [-0.05, 0) is 37.3 Å². The Morgan fingerprint density at radius 3 is 2.58 bits per heavy atom. The van der Waals surface area contributed by atoms with Crippen molar-refractivity contribution < 1.29 is 14.3 Å². The molecular formula is C13H18N2O3S. The molecule has 0 fully saturated rings. The highest BCUT2D eigenvalue weighted by molar-refractivity contribution is 7.99. The summed E-state index contributed by atoms with van der Waals surface area (Å²) in [4.78, 5) is 22.6. The van der Waals surface area contributed by atoms with Gasteiger partial charge < -0.3 is 4.74 Å². The molecule has 0 unspecified atom stereocenters. The van der Waals surface area contributed by atoms with Crippen LogP contribution in [-0.4, -0.2) is 30.4 Å². The molecule has 5 nitrogen and oxygen atoms in total. The van der Waals surface area contributed by atoms with Crippen molar-refractivity contribution in [1.29, 1.82) is 0 Å². The maximum atomic E-state index is 11.5. The van der Waals surface area contributed by atoms with Crippen molar-refractivity contribution in [2.24, 2.45) is 0 Å². The van der Waals surface area contributed by atoms with Gasteiger partial charge in [0.1, 0.15) is 5.75 Å². The SMILES string of the molecule is CSCC(=O)NNC(=O)COc1cc(C)ccc1C. The number of rotatable bonds is 5. The number of carbonyl (C=O) groups is 2. The van der Waals surface area contributed by atoms with E-state index in [-0.39, 0.29) is 12.5 Å². The van der Waals surface area contributed by atoms with Crippen molar-refractivity contribution in [3.63, 3.8) is 0 Å². The molecule has 0 saturated heterocycles. The van der Waals surface area contributed by atoms with Gasteiger partial charge in [0.05, 0.1) is 5.75 Å². The number of hydrazine groups is 1. The van der Waals surface area contributed by atoms with E-state index in [9.17, 15) is 9.59 Å². The maximum Gasteiger partial charge on any atom is 0.276 e. The van der Waals surface area contributed by atoms with Gasteiger partial charge in [0.2, 0.25) is 5.91 Å². The molecular weight excluding hydrogens is 264 g/mol. The molecule has 104 valence electrons. The van der Waals surface area contributed by atoms with Crippen LogP contribution in [0.25, 0.3) is 0 Å². The summed E-state index contributed by atoms with van der Waals surface area (Å²) < 4.78 is 5.40. The van der Waals surface area contributed by atoms with Crippen molar-refractivity contribution in [3.8, 4) is 5.75 Å². The van der Waals surface area contributed by atoms with Gasteiger partial charge in [0.25, 0.3) is 5.91 Å². The second-order valence-corrected chi connectivity index (χ2v) is 4.95. The first-order chi connectivity index (χ1) is 9.02. The van der Waals surface area contributed by atoms with E-state index < -0.39 is 5.91 Å². The minimum absolute atomic E-state index is 0.135. The van der Waals surface area contributed by atoms with E-state index >= 15 is 0 Å². The van der Waals surface area contributed by atoms with Crippen LogP contribution in [0.4, 0.5) is 0 Å². The molecule has 0 atom stereocenters. The Morgan fingerprint density at radius 1 is 1.21 bits per heavy atom. The lowest BCUT2D eigenvalue weighted by Gasteiger charge is -2.10. The summed E-state index contributed by atoms with van der Waals surface area (Å²) in [5.74, 6) is 0.339. The molecule has 0 aliphatic rings. The minimum atomic E-state index is -0.393. The largest absolute Gasteiger partial charge is 0.483 e. The number of benzene rings is 1. The molecule has 0 aromatic heterocycles. The smallest absolute Gasteiger partial charge is 0.276 e. The van der Waals surface area contributed by atoms with Gasteiger partial charge in [-0.15, -0.1) is 0 Å². The Morgan fingerprint density at radius 2 is 1.89 bits per heavy atom. The number of hydrogen-bond donors (Lipinski definition) is 2. The number of nitrogens with one attached hydrogen (secondary N) is 2. The minimum Gasteiger partial charge on any atom is -0.483 e. The van der Waals surface area contributed by atoms with E-state index in [1.165, 1.54) is 11.8 Å². The molecule has 1 aromatic carbocycles. The zero-order chi connectivity index (χ0) is 14.3. The molecule has 6 heteroatoms. The molecule has 0 aliphatic heterocycles. The number of ether oxygens (including phenoxy) is 1. The van der Waals surface area contributed by atoms with E-state index in [0.29, 0.717) is 11.5 Å². The number of thioether (sulfide) groups is 1. The number of hydrogen-bond acceptors (Lipinski definition) is 4. The number of carbonyl (C=O) groups excluding carboxylic acids is 2. The average Bonchev–Trinajstić information content (AvgIpc) is 2.38. The van der Waals surface area contributed by atoms with Crippen molar-refractivity contribution >= 4 is 23.6 Å². The normalized spacial score (nSPS) is 9.84. The quantitative estimate of drug-likeness (QED) is 0.796. The van der Waals surface area contributed by atoms with Gasteiger partial charge in [0, 0.05) is 0 Å². The third-order valence-corrected chi connectivity index (χ3v) is 2.87. The predicted octanol–water partition coefficient (Wildman–Crippen LogP) is 1.19. The molecule has 19 heavy (non-hydrogen) atoms.